The second kappa shape index (κ2) is 5.99. The number of carbonyl (C=O) groups excluding carboxylic acids is 1. The molecular formula is C18H20N2O3. The summed E-state index contributed by atoms with van der Waals surface area (Å²) in [6.07, 6.45) is 1.89. The number of aromatic nitrogens is 1. The normalized spacial score (nSPS) is 15.4. The number of aliphatic carboxylic acids is 1. The molecule has 1 N–H and O–H groups in total. The Hall–Kier alpha value is -2.43. The first kappa shape index (κ1) is 15.5. The van der Waals surface area contributed by atoms with Gasteiger partial charge in [-0.3, -0.25) is 14.6 Å². The third-order valence-electron chi connectivity index (χ3n) is 4.22. The van der Waals surface area contributed by atoms with Crippen LogP contribution in [0, 0.1) is 12.8 Å². The number of carbonyl (C=O) groups is 2. The highest BCUT2D eigenvalue weighted by molar-refractivity contribution is 6.06. The highest BCUT2D eigenvalue weighted by Crippen LogP contribution is 2.30. The number of pyridine rings is 1. The summed E-state index contributed by atoms with van der Waals surface area (Å²) >= 11 is 0. The number of rotatable bonds is 5. The summed E-state index contributed by atoms with van der Waals surface area (Å²) in [6.45, 7) is 3.75. The summed E-state index contributed by atoms with van der Waals surface area (Å²) in [5, 5.41) is 9.97. The fourth-order valence-corrected chi connectivity index (χ4v) is 2.80. The van der Waals surface area contributed by atoms with E-state index in [2.05, 4.69) is 4.98 Å². The van der Waals surface area contributed by atoms with Crippen molar-refractivity contribution < 1.29 is 14.7 Å². The predicted octanol–water partition coefficient (Wildman–Crippen LogP) is 2.87. The van der Waals surface area contributed by atoms with Crippen LogP contribution in [0.4, 0.5) is 0 Å². The number of carboxylic acids is 1. The first-order valence-electron chi connectivity index (χ1n) is 7.87. The lowest BCUT2D eigenvalue weighted by Gasteiger charge is -2.25. The fourth-order valence-electron chi connectivity index (χ4n) is 2.80. The maximum Gasteiger partial charge on any atom is 0.308 e. The molecule has 23 heavy (non-hydrogen) atoms. The van der Waals surface area contributed by atoms with E-state index in [4.69, 9.17) is 5.11 Å². The van der Waals surface area contributed by atoms with Gasteiger partial charge < -0.3 is 10.0 Å². The zero-order chi connectivity index (χ0) is 16.6. The molecule has 1 atom stereocenters. The third-order valence-corrected chi connectivity index (χ3v) is 4.22. The van der Waals surface area contributed by atoms with Gasteiger partial charge in [-0.05, 0) is 31.9 Å². The lowest BCUT2D eigenvalue weighted by Crippen LogP contribution is -2.38. The van der Waals surface area contributed by atoms with Crippen molar-refractivity contribution in [2.45, 2.75) is 32.7 Å². The number of amides is 1. The molecule has 1 saturated carbocycles. The molecule has 0 saturated heterocycles. The van der Waals surface area contributed by atoms with Crippen molar-refractivity contribution in [1.29, 1.82) is 0 Å². The molecule has 1 aliphatic rings. The van der Waals surface area contributed by atoms with Crippen LogP contribution >= 0.6 is 0 Å². The number of fused-ring (bicyclic) bond motifs is 1. The van der Waals surface area contributed by atoms with E-state index in [0.29, 0.717) is 5.56 Å². The Balaban J connectivity index is 1.99. The van der Waals surface area contributed by atoms with Crippen LogP contribution in [0.5, 0.6) is 0 Å². The summed E-state index contributed by atoms with van der Waals surface area (Å²) in [5.74, 6) is -1.55. The van der Waals surface area contributed by atoms with E-state index >= 15 is 0 Å². The Bertz CT molecular complexity index is 768. The third kappa shape index (κ3) is 3.18. The number of carboxylic acid groups (broad SMARTS) is 1. The van der Waals surface area contributed by atoms with Gasteiger partial charge in [-0.1, -0.05) is 25.1 Å². The van der Waals surface area contributed by atoms with E-state index < -0.39 is 11.9 Å². The topological polar surface area (TPSA) is 70.5 Å². The lowest BCUT2D eigenvalue weighted by atomic mass is 10.1. The predicted molar refractivity (Wildman–Crippen MR) is 87.3 cm³/mol. The summed E-state index contributed by atoms with van der Waals surface area (Å²) in [5.41, 5.74) is 2.18. The van der Waals surface area contributed by atoms with Crippen molar-refractivity contribution in [3.05, 3.63) is 41.6 Å². The Kier molecular flexibility index (Phi) is 4.03. The molecule has 1 heterocycles. The average Bonchev–Trinajstić information content (AvgIpc) is 3.35. The van der Waals surface area contributed by atoms with Gasteiger partial charge in [-0.15, -0.1) is 0 Å². The second-order valence-corrected chi connectivity index (χ2v) is 6.26. The van der Waals surface area contributed by atoms with Crippen molar-refractivity contribution >= 4 is 22.8 Å². The first-order valence-corrected chi connectivity index (χ1v) is 7.87. The molecule has 5 nitrogen and oxygen atoms in total. The zero-order valence-electron chi connectivity index (χ0n) is 13.3. The van der Waals surface area contributed by atoms with Gasteiger partial charge in [0.2, 0.25) is 0 Å². The van der Waals surface area contributed by atoms with Gasteiger partial charge in [0.15, 0.2) is 0 Å². The Morgan fingerprint density at radius 1 is 1.35 bits per heavy atom. The molecule has 1 aromatic heterocycles. The van der Waals surface area contributed by atoms with E-state index in [1.54, 1.807) is 17.9 Å². The number of hydrogen-bond donors (Lipinski definition) is 1. The molecule has 3 rings (SSSR count). The summed E-state index contributed by atoms with van der Waals surface area (Å²) in [6, 6.07) is 9.52. The molecule has 1 unspecified atom stereocenters. The Morgan fingerprint density at radius 2 is 2.04 bits per heavy atom. The maximum absolute atomic E-state index is 13.1. The number of para-hydroxylation sites is 1. The Labute approximate surface area is 134 Å². The van der Waals surface area contributed by atoms with Crippen molar-refractivity contribution in [2.75, 3.05) is 6.54 Å². The van der Waals surface area contributed by atoms with Gasteiger partial charge in [0.25, 0.3) is 5.91 Å². The van der Waals surface area contributed by atoms with Crippen molar-refractivity contribution in [3.8, 4) is 0 Å². The molecule has 1 amide bonds. The maximum atomic E-state index is 13.1. The van der Waals surface area contributed by atoms with Crippen LogP contribution in [-0.4, -0.2) is 39.5 Å². The van der Waals surface area contributed by atoms with E-state index in [1.807, 2.05) is 31.2 Å². The zero-order valence-corrected chi connectivity index (χ0v) is 13.3. The molecule has 1 fully saturated rings. The van der Waals surface area contributed by atoms with E-state index in [9.17, 15) is 9.59 Å². The van der Waals surface area contributed by atoms with Crippen LogP contribution in [0.3, 0.4) is 0 Å². The molecule has 0 aliphatic heterocycles. The number of hydrogen-bond acceptors (Lipinski definition) is 3. The molecule has 2 aromatic rings. The van der Waals surface area contributed by atoms with Crippen molar-refractivity contribution in [2.24, 2.45) is 5.92 Å². The van der Waals surface area contributed by atoms with Crippen LogP contribution in [-0.2, 0) is 4.79 Å². The monoisotopic (exact) mass is 312 g/mol. The summed E-state index contributed by atoms with van der Waals surface area (Å²) in [7, 11) is 0. The van der Waals surface area contributed by atoms with E-state index in [0.717, 1.165) is 29.4 Å². The van der Waals surface area contributed by atoms with E-state index in [1.165, 1.54) is 0 Å². The van der Waals surface area contributed by atoms with Gasteiger partial charge in [0.05, 0.1) is 17.0 Å². The minimum atomic E-state index is -0.876. The van der Waals surface area contributed by atoms with Crippen LogP contribution in [0.15, 0.2) is 30.3 Å². The first-order chi connectivity index (χ1) is 11.0. The molecule has 120 valence electrons. The minimum absolute atomic E-state index is 0.0951. The van der Waals surface area contributed by atoms with Crippen molar-refractivity contribution in [3.63, 3.8) is 0 Å². The highest BCUT2D eigenvalue weighted by atomic mass is 16.4. The molecule has 0 bridgehead atoms. The fraction of sp³-hybridized carbons (Fsp3) is 0.389. The standard InChI is InChI=1S/C18H20N2O3/c1-11(18(22)23)10-20(13-7-8-13)17(21)15-9-12(2)19-16-6-4-3-5-14(15)16/h3-6,9,11,13H,7-8,10H2,1-2H3,(H,22,23). The molecular weight excluding hydrogens is 292 g/mol. The van der Waals surface area contributed by atoms with Gasteiger partial charge in [-0.2, -0.15) is 0 Å². The molecule has 0 spiro atoms. The molecule has 0 radical (unpaired) electrons. The molecule has 1 aromatic carbocycles. The molecule has 5 heteroatoms. The average molecular weight is 312 g/mol. The van der Waals surface area contributed by atoms with Gasteiger partial charge in [-0.25, -0.2) is 0 Å². The number of aryl methyl sites for hydroxylation is 1. The summed E-state index contributed by atoms with van der Waals surface area (Å²) < 4.78 is 0. The number of benzene rings is 1. The van der Waals surface area contributed by atoms with Crippen molar-refractivity contribution in [1.82, 2.24) is 9.88 Å². The minimum Gasteiger partial charge on any atom is -0.481 e. The quantitative estimate of drug-likeness (QED) is 0.921. The van der Waals surface area contributed by atoms with Gasteiger partial charge in [0, 0.05) is 23.7 Å². The SMILES string of the molecule is Cc1cc(C(=O)N(CC(C)C(=O)O)C2CC2)c2ccccc2n1. The summed E-state index contributed by atoms with van der Waals surface area (Å²) in [4.78, 5) is 30.4. The second-order valence-electron chi connectivity index (χ2n) is 6.26. The lowest BCUT2D eigenvalue weighted by molar-refractivity contribution is -0.141. The van der Waals surface area contributed by atoms with Crippen LogP contribution in [0.25, 0.3) is 10.9 Å². The Morgan fingerprint density at radius 3 is 2.70 bits per heavy atom. The van der Waals surface area contributed by atoms with Gasteiger partial charge in [0.1, 0.15) is 0 Å². The molecule has 1 aliphatic carbocycles. The highest BCUT2D eigenvalue weighted by Gasteiger charge is 2.35. The smallest absolute Gasteiger partial charge is 0.308 e. The van der Waals surface area contributed by atoms with Gasteiger partial charge >= 0.3 is 5.97 Å². The number of nitrogens with zero attached hydrogens (tertiary/aromatic N) is 2. The van der Waals surface area contributed by atoms with Crippen LogP contribution in [0.1, 0.15) is 35.8 Å². The largest absolute Gasteiger partial charge is 0.481 e. The van der Waals surface area contributed by atoms with Crippen LogP contribution < -0.4 is 0 Å². The van der Waals surface area contributed by atoms with Crippen LogP contribution in [0.2, 0.25) is 0 Å². The van der Waals surface area contributed by atoms with E-state index in [-0.39, 0.29) is 18.5 Å².